The predicted molar refractivity (Wildman–Crippen MR) is 90.4 cm³/mol. The second-order valence-electron chi connectivity index (χ2n) is 6.24. The summed E-state index contributed by atoms with van der Waals surface area (Å²) in [7, 11) is 0. The minimum Gasteiger partial charge on any atom is -0.370 e. The molecule has 1 heterocycles. The monoisotopic (exact) mass is 323 g/mol. The number of fused-ring (bicyclic) bond motifs is 1. The van der Waals surface area contributed by atoms with Gasteiger partial charge in [0.2, 0.25) is 5.91 Å². The van der Waals surface area contributed by atoms with Crippen LogP contribution in [0.1, 0.15) is 57.0 Å². The van der Waals surface area contributed by atoms with E-state index in [2.05, 4.69) is 10.3 Å². The number of aryl methyl sites for hydroxylation is 1. The Morgan fingerprint density at radius 1 is 1.41 bits per heavy atom. The lowest BCUT2D eigenvalue weighted by Crippen LogP contribution is -2.45. The first-order valence-electron chi connectivity index (χ1n) is 7.74. The molecule has 0 aliphatic heterocycles. The molecule has 0 saturated heterocycles. The molecule has 0 bridgehead atoms. The molecule has 7 heteroatoms. The number of hydrogen-bond acceptors (Lipinski definition) is 4. The van der Waals surface area contributed by atoms with Crippen molar-refractivity contribution in [1.82, 2.24) is 9.88 Å². The van der Waals surface area contributed by atoms with E-state index in [1.54, 1.807) is 0 Å². The van der Waals surface area contributed by atoms with Gasteiger partial charge in [0.15, 0.2) is 11.1 Å². The highest BCUT2D eigenvalue weighted by Crippen LogP contribution is 2.38. The van der Waals surface area contributed by atoms with Gasteiger partial charge in [-0.15, -0.1) is 11.3 Å². The van der Waals surface area contributed by atoms with E-state index in [9.17, 15) is 4.79 Å². The van der Waals surface area contributed by atoms with Gasteiger partial charge in [-0.05, 0) is 47.0 Å². The van der Waals surface area contributed by atoms with Gasteiger partial charge in [-0.25, -0.2) is 4.98 Å². The number of carbonyl (C=O) groups excluding carboxylic acids is 1. The van der Waals surface area contributed by atoms with Crippen LogP contribution in [0.5, 0.6) is 0 Å². The van der Waals surface area contributed by atoms with Gasteiger partial charge in [0.05, 0.1) is 11.6 Å². The fourth-order valence-electron chi connectivity index (χ4n) is 3.11. The minimum atomic E-state index is -0.174. The summed E-state index contributed by atoms with van der Waals surface area (Å²) in [5, 5.41) is 10.7. The van der Waals surface area contributed by atoms with Crippen molar-refractivity contribution < 1.29 is 4.79 Å². The van der Waals surface area contributed by atoms with Crippen molar-refractivity contribution in [2.75, 3.05) is 5.32 Å². The molecule has 2 rings (SSSR count). The molecule has 1 aliphatic carbocycles. The van der Waals surface area contributed by atoms with E-state index in [1.165, 1.54) is 11.3 Å². The second kappa shape index (κ2) is 6.64. The average Bonchev–Trinajstić information content (AvgIpc) is 2.78. The third-order valence-corrected chi connectivity index (χ3v) is 4.91. The number of hydrogen-bond donors (Lipinski definition) is 3. The third kappa shape index (κ3) is 3.40. The Labute approximate surface area is 135 Å². The predicted octanol–water partition coefficient (Wildman–Crippen LogP) is 2.51. The summed E-state index contributed by atoms with van der Waals surface area (Å²) in [4.78, 5) is 20.6. The van der Waals surface area contributed by atoms with E-state index in [0.717, 1.165) is 29.8 Å². The Kier molecular flexibility index (Phi) is 5.05. The van der Waals surface area contributed by atoms with E-state index in [1.807, 2.05) is 32.6 Å². The van der Waals surface area contributed by atoms with Crippen molar-refractivity contribution in [2.45, 2.75) is 65.0 Å². The first-order chi connectivity index (χ1) is 10.3. The van der Waals surface area contributed by atoms with Crippen LogP contribution < -0.4 is 11.1 Å². The highest BCUT2D eigenvalue weighted by Gasteiger charge is 2.34. The van der Waals surface area contributed by atoms with E-state index >= 15 is 0 Å². The molecule has 1 amide bonds. The highest BCUT2D eigenvalue weighted by atomic mass is 32.1. The van der Waals surface area contributed by atoms with E-state index in [-0.39, 0.29) is 29.9 Å². The zero-order chi connectivity index (χ0) is 16.4. The molecule has 1 aliphatic rings. The van der Waals surface area contributed by atoms with Gasteiger partial charge in [-0.3, -0.25) is 10.2 Å². The summed E-state index contributed by atoms with van der Waals surface area (Å²) in [6, 6.07) is 0.345. The molecular weight excluding hydrogens is 298 g/mol. The summed E-state index contributed by atoms with van der Waals surface area (Å²) >= 11 is 1.50. The van der Waals surface area contributed by atoms with Crippen LogP contribution >= 0.6 is 11.3 Å². The van der Waals surface area contributed by atoms with Crippen molar-refractivity contribution in [3.63, 3.8) is 0 Å². The largest absolute Gasteiger partial charge is 0.370 e. The van der Waals surface area contributed by atoms with E-state index in [4.69, 9.17) is 11.1 Å². The van der Waals surface area contributed by atoms with Gasteiger partial charge >= 0.3 is 0 Å². The van der Waals surface area contributed by atoms with Crippen molar-refractivity contribution in [1.29, 1.82) is 5.41 Å². The number of aromatic nitrogens is 1. The van der Waals surface area contributed by atoms with E-state index in [0.29, 0.717) is 5.13 Å². The molecule has 122 valence electrons. The van der Waals surface area contributed by atoms with Crippen LogP contribution in [0, 0.1) is 5.41 Å². The molecule has 6 nitrogen and oxygen atoms in total. The number of carbonyl (C=O) groups is 1. The number of nitrogens with one attached hydrogen (secondary N) is 2. The highest BCUT2D eigenvalue weighted by molar-refractivity contribution is 7.15. The standard InChI is InChI=1S/C15H25N5OS/c1-8(2)20(9(3)4)13(21)10-6-5-7-11-12(10)18-15(22-11)19-14(16)17/h8-10H,5-7H2,1-4H3,(H4,16,17,18,19)/t10-/m0/s1. The van der Waals surface area contributed by atoms with Crippen molar-refractivity contribution in [3.05, 3.63) is 10.6 Å². The van der Waals surface area contributed by atoms with Gasteiger partial charge in [0.1, 0.15) is 0 Å². The van der Waals surface area contributed by atoms with Crippen LogP contribution in [0.2, 0.25) is 0 Å². The Bertz CT molecular complexity index is 558. The minimum absolute atomic E-state index is 0.125. The SMILES string of the molecule is CC(C)N(C(=O)[C@H]1CCCc2sc(NC(=N)N)nc21)C(C)C. The average molecular weight is 323 g/mol. The van der Waals surface area contributed by atoms with Crippen LogP contribution in [0.4, 0.5) is 5.13 Å². The number of thiazole rings is 1. The number of rotatable bonds is 4. The maximum absolute atomic E-state index is 13.0. The molecule has 0 spiro atoms. The number of anilines is 1. The van der Waals surface area contributed by atoms with Crippen LogP contribution in [-0.2, 0) is 11.2 Å². The number of nitrogens with zero attached hydrogens (tertiary/aromatic N) is 2. The number of guanidine groups is 1. The second-order valence-corrected chi connectivity index (χ2v) is 7.33. The van der Waals surface area contributed by atoms with Crippen LogP contribution in [-0.4, -0.2) is 33.8 Å². The normalized spacial score (nSPS) is 17.5. The molecule has 0 fully saturated rings. The summed E-state index contributed by atoms with van der Waals surface area (Å²) in [6.07, 6.45) is 2.78. The van der Waals surface area contributed by atoms with Gasteiger partial charge in [0, 0.05) is 17.0 Å². The van der Waals surface area contributed by atoms with E-state index < -0.39 is 0 Å². The molecule has 22 heavy (non-hydrogen) atoms. The van der Waals surface area contributed by atoms with Gasteiger partial charge in [-0.1, -0.05) is 0 Å². The molecule has 1 aromatic rings. The fourth-order valence-corrected chi connectivity index (χ4v) is 4.19. The van der Waals surface area contributed by atoms with Crippen LogP contribution in [0.3, 0.4) is 0 Å². The zero-order valence-corrected chi connectivity index (χ0v) is 14.5. The zero-order valence-electron chi connectivity index (χ0n) is 13.6. The molecule has 1 atom stereocenters. The van der Waals surface area contributed by atoms with Crippen LogP contribution in [0.15, 0.2) is 0 Å². The van der Waals surface area contributed by atoms with Crippen molar-refractivity contribution in [3.8, 4) is 0 Å². The number of amides is 1. The molecule has 4 N–H and O–H groups in total. The Morgan fingerprint density at radius 3 is 2.59 bits per heavy atom. The smallest absolute Gasteiger partial charge is 0.232 e. The van der Waals surface area contributed by atoms with Gasteiger partial charge in [-0.2, -0.15) is 0 Å². The van der Waals surface area contributed by atoms with Crippen molar-refractivity contribution >= 4 is 28.3 Å². The first-order valence-corrected chi connectivity index (χ1v) is 8.55. The maximum atomic E-state index is 13.0. The topological polar surface area (TPSA) is 95.1 Å². The fraction of sp³-hybridized carbons (Fsp3) is 0.667. The third-order valence-electron chi connectivity index (χ3n) is 3.86. The molecule has 1 aromatic heterocycles. The summed E-state index contributed by atoms with van der Waals surface area (Å²) in [5.74, 6) is -0.141. The lowest BCUT2D eigenvalue weighted by molar-refractivity contribution is -0.136. The lowest BCUT2D eigenvalue weighted by Gasteiger charge is -2.34. The summed E-state index contributed by atoms with van der Waals surface area (Å²) in [6.45, 7) is 8.19. The molecule has 0 saturated carbocycles. The number of nitrogens with two attached hydrogens (primary N) is 1. The summed E-state index contributed by atoms with van der Waals surface area (Å²) in [5.41, 5.74) is 6.24. The van der Waals surface area contributed by atoms with Crippen LogP contribution in [0.25, 0.3) is 0 Å². The van der Waals surface area contributed by atoms with Gasteiger partial charge < -0.3 is 16.0 Å². The van der Waals surface area contributed by atoms with Gasteiger partial charge in [0.25, 0.3) is 0 Å². The molecule has 0 aromatic carbocycles. The lowest BCUT2D eigenvalue weighted by atomic mass is 9.89. The molecular formula is C15H25N5OS. The summed E-state index contributed by atoms with van der Waals surface area (Å²) < 4.78 is 0. The first kappa shape index (κ1) is 16.7. The quantitative estimate of drug-likeness (QED) is 0.586. The Balaban J connectivity index is 2.29. The Morgan fingerprint density at radius 2 is 2.05 bits per heavy atom. The molecule has 0 unspecified atom stereocenters. The molecule has 0 radical (unpaired) electrons. The van der Waals surface area contributed by atoms with Crippen molar-refractivity contribution in [2.24, 2.45) is 5.73 Å². The Hall–Kier alpha value is -1.63. The maximum Gasteiger partial charge on any atom is 0.232 e.